The highest BCUT2D eigenvalue weighted by Gasteiger charge is 2.24. The van der Waals surface area contributed by atoms with Crippen LogP contribution in [0.4, 0.5) is 13.2 Å². The monoisotopic (exact) mass is 387 g/mol. The van der Waals surface area contributed by atoms with E-state index in [9.17, 15) is 18.0 Å². The average Bonchev–Trinajstić information content (AvgIpc) is 3.01. The summed E-state index contributed by atoms with van der Waals surface area (Å²) in [5.41, 5.74) is 0.780. The molecule has 1 amide bonds. The van der Waals surface area contributed by atoms with Gasteiger partial charge in [0.1, 0.15) is 23.1 Å². The predicted molar refractivity (Wildman–Crippen MR) is 100 cm³/mol. The molecule has 0 saturated carbocycles. The number of benzene rings is 2. The molecule has 0 saturated heterocycles. The minimum atomic E-state index is -0.792. The molecule has 0 spiro atoms. The molecule has 146 valence electrons. The van der Waals surface area contributed by atoms with Gasteiger partial charge >= 0.3 is 0 Å². The van der Waals surface area contributed by atoms with Crippen LogP contribution in [0.5, 0.6) is 0 Å². The number of nitrogens with one attached hydrogen (secondary N) is 1. The van der Waals surface area contributed by atoms with E-state index < -0.39 is 23.0 Å². The molecule has 0 bridgehead atoms. The van der Waals surface area contributed by atoms with Crippen molar-refractivity contribution < 1.29 is 18.0 Å². The van der Waals surface area contributed by atoms with E-state index in [1.807, 2.05) is 13.8 Å². The van der Waals surface area contributed by atoms with Crippen LogP contribution >= 0.6 is 0 Å². The maximum absolute atomic E-state index is 14.2. The van der Waals surface area contributed by atoms with Crippen molar-refractivity contribution in [3.63, 3.8) is 0 Å². The van der Waals surface area contributed by atoms with Gasteiger partial charge in [0.25, 0.3) is 5.91 Å². The molecule has 3 rings (SSSR count). The van der Waals surface area contributed by atoms with E-state index >= 15 is 0 Å². The minimum Gasteiger partial charge on any atom is -0.351 e. The summed E-state index contributed by atoms with van der Waals surface area (Å²) in [5, 5.41) is 6.98. The Labute approximate surface area is 161 Å². The summed E-state index contributed by atoms with van der Waals surface area (Å²) in [4.78, 5) is 12.7. The highest BCUT2D eigenvalue weighted by Crippen LogP contribution is 2.26. The number of nitrogens with zero attached hydrogens (tertiary/aromatic N) is 2. The molecule has 28 heavy (non-hydrogen) atoms. The van der Waals surface area contributed by atoms with Crippen LogP contribution in [-0.4, -0.2) is 22.2 Å². The van der Waals surface area contributed by atoms with E-state index in [-0.39, 0.29) is 29.2 Å². The van der Waals surface area contributed by atoms with E-state index in [1.165, 1.54) is 29.1 Å². The highest BCUT2D eigenvalue weighted by atomic mass is 19.1. The molecule has 2 aromatic carbocycles. The summed E-state index contributed by atoms with van der Waals surface area (Å²) in [7, 11) is 1.62. The van der Waals surface area contributed by atoms with Crippen LogP contribution in [0.3, 0.4) is 0 Å². The van der Waals surface area contributed by atoms with Crippen LogP contribution in [0.1, 0.15) is 29.8 Å². The highest BCUT2D eigenvalue weighted by molar-refractivity contribution is 5.99. The lowest BCUT2D eigenvalue weighted by atomic mass is 9.84. The van der Waals surface area contributed by atoms with E-state index in [1.54, 1.807) is 19.2 Å². The van der Waals surface area contributed by atoms with Crippen molar-refractivity contribution in [1.29, 1.82) is 0 Å². The lowest BCUT2D eigenvalue weighted by molar-refractivity contribution is 0.0946. The van der Waals surface area contributed by atoms with Crippen molar-refractivity contribution in [1.82, 2.24) is 15.1 Å². The van der Waals surface area contributed by atoms with Gasteiger partial charge in [0.05, 0.1) is 5.56 Å². The predicted octanol–water partition coefficient (Wildman–Crippen LogP) is 4.21. The van der Waals surface area contributed by atoms with Crippen molar-refractivity contribution in [3.05, 3.63) is 77.2 Å². The third kappa shape index (κ3) is 4.08. The molecule has 0 radical (unpaired) electrons. The Hall–Kier alpha value is -3.09. The zero-order valence-corrected chi connectivity index (χ0v) is 15.8. The van der Waals surface area contributed by atoms with Gasteiger partial charge in [-0.25, -0.2) is 13.2 Å². The first-order valence-corrected chi connectivity index (χ1v) is 8.71. The molecule has 7 heteroatoms. The SMILES string of the molecule is Cn1cc(C(=O)NCC(C)(C)c2ccc(F)cc2)c(-c2ccc(F)cc2F)n1. The van der Waals surface area contributed by atoms with Crippen LogP contribution in [0.15, 0.2) is 48.7 Å². The van der Waals surface area contributed by atoms with E-state index in [4.69, 9.17) is 0 Å². The number of amides is 1. The van der Waals surface area contributed by atoms with Crippen LogP contribution in [0, 0.1) is 17.5 Å². The van der Waals surface area contributed by atoms with Gasteiger partial charge in [-0.15, -0.1) is 0 Å². The molecule has 1 N–H and O–H groups in total. The molecule has 4 nitrogen and oxygen atoms in total. The summed E-state index contributed by atoms with van der Waals surface area (Å²) in [6.45, 7) is 4.12. The van der Waals surface area contributed by atoms with Gasteiger partial charge in [0.15, 0.2) is 0 Å². The summed E-state index contributed by atoms with van der Waals surface area (Å²) >= 11 is 0. The van der Waals surface area contributed by atoms with Crippen molar-refractivity contribution in [2.24, 2.45) is 7.05 Å². The number of carbonyl (C=O) groups is 1. The minimum absolute atomic E-state index is 0.0462. The fraction of sp³-hybridized carbons (Fsp3) is 0.238. The Kier molecular flexibility index (Phi) is 5.27. The van der Waals surface area contributed by atoms with E-state index in [0.717, 1.165) is 17.7 Å². The molecular formula is C21H20F3N3O. The topological polar surface area (TPSA) is 46.9 Å². The van der Waals surface area contributed by atoms with Crippen molar-refractivity contribution in [2.45, 2.75) is 19.3 Å². The third-order valence-corrected chi connectivity index (χ3v) is 4.58. The molecule has 0 aliphatic rings. The van der Waals surface area contributed by atoms with Gasteiger partial charge in [-0.05, 0) is 29.8 Å². The Balaban J connectivity index is 1.82. The largest absolute Gasteiger partial charge is 0.351 e. The number of aromatic nitrogens is 2. The Morgan fingerprint density at radius 2 is 1.71 bits per heavy atom. The summed E-state index contributed by atoms with van der Waals surface area (Å²) in [5.74, 6) is -2.25. The second kappa shape index (κ2) is 7.50. The van der Waals surface area contributed by atoms with Crippen LogP contribution in [0.25, 0.3) is 11.3 Å². The zero-order valence-electron chi connectivity index (χ0n) is 15.8. The fourth-order valence-electron chi connectivity index (χ4n) is 2.93. The molecule has 0 aliphatic carbocycles. The van der Waals surface area contributed by atoms with Crippen LogP contribution in [0.2, 0.25) is 0 Å². The van der Waals surface area contributed by atoms with Crippen molar-refractivity contribution in [3.8, 4) is 11.3 Å². The number of hydrogen-bond donors (Lipinski definition) is 1. The van der Waals surface area contributed by atoms with Crippen LogP contribution < -0.4 is 5.32 Å². The Morgan fingerprint density at radius 1 is 1.07 bits per heavy atom. The summed E-state index contributed by atoms with van der Waals surface area (Å²) in [6, 6.07) is 9.21. The van der Waals surface area contributed by atoms with Gasteiger partial charge in [0, 0.05) is 36.8 Å². The first kappa shape index (κ1) is 19.7. The Bertz CT molecular complexity index is 1010. The lowest BCUT2D eigenvalue weighted by Gasteiger charge is -2.25. The number of hydrogen-bond acceptors (Lipinski definition) is 2. The third-order valence-electron chi connectivity index (χ3n) is 4.58. The van der Waals surface area contributed by atoms with Gasteiger partial charge in [0.2, 0.25) is 0 Å². The van der Waals surface area contributed by atoms with Gasteiger partial charge in [-0.1, -0.05) is 26.0 Å². The Morgan fingerprint density at radius 3 is 2.36 bits per heavy atom. The quantitative estimate of drug-likeness (QED) is 0.713. The lowest BCUT2D eigenvalue weighted by Crippen LogP contribution is -2.36. The summed E-state index contributed by atoms with van der Waals surface area (Å²) < 4.78 is 41.9. The molecule has 0 unspecified atom stereocenters. The average molecular weight is 387 g/mol. The van der Waals surface area contributed by atoms with Crippen molar-refractivity contribution in [2.75, 3.05) is 6.54 Å². The van der Waals surface area contributed by atoms with Crippen LogP contribution in [-0.2, 0) is 12.5 Å². The molecule has 3 aromatic rings. The van der Waals surface area contributed by atoms with Crippen molar-refractivity contribution >= 4 is 5.91 Å². The number of carbonyl (C=O) groups excluding carboxylic acids is 1. The molecule has 0 atom stereocenters. The fourth-order valence-corrected chi connectivity index (χ4v) is 2.93. The normalized spacial score (nSPS) is 11.5. The molecule has 0 aliphatic heterocycles. The number of halogens is 3. The maximum Gasteiger partial charge on any atom is 0.255 e. The zero-order chi connectivity index (χ0) is 20.5. The smallest absolute Gasteiger partial charge is 0.255 e. The second-order valence-electron chi connectivity index (χ2n) is 7.26. The molecule has 0 fully saturated rings. The molecular weight excluding hydrogens is 367 g/mol. The molecule has 1 aromatic heterocycles. The standard InChI is InChI=1S/C21H20F3N3O/c1-21(2,13-4-6-14(22)7-5-13)12-25-20(28)17-11-27(3)26-19(17)16-9-8-15(23)10-18(16)24/h4-11H,12H2,1-3H3,(H,25,28). The summed E-state index contributed by atoms with van der Waals surface area (Å²) in [6.07, 6.45) is 1.48. The van der Waals surface area contributed by atoms with E-state index in [0.29, 0.717) is 0 Å². The maximum atomic E-state index is 14.2. The van der Waals surface area contributed by atoms with Gasteiger partial charge in [-0.2, -0.15) is 5.10 Å². The molecule has 1 heterocycles. The number of rotatable bonds is 5. The van der Waals surface area contributed by atoms with Gasteiger partial charge in [-0.3, -0.25) is 9.48 Å². The first-order valence-electron chi connectivity index (χ1n) is 8.71. The number of aryl methyl sites for hydroxylation is 1. The second-order valence-corrected chi connectivity index (χ2v) is 7.26. The van der Waals surface area contributed by atoms with E-state index in [2.05, 4.69) is 10.4 Å². The first-order chi connectivity index (χ1) is 13.2. The van der Waals surface area contributed by atoms with Gasteiger partial charge < -0.3 is 5.32 Å².